The first-order valence-corrected chi connectivity index (χ1v) is 14.2. The Kier molecular flexibility index (Phi) is 7.32. The number of halogens is 1. The van der Waals surface area contributed by atoms with Gasteiger partial charge in [-0.3, -0.25) is 0 Å². The van der Waals surface area contributed by atoms with Gasteiger partial charge in [-0.05, 0) is 51.4 Å². The van der Waals surface area contributed by atoms with Gasteiger partial charge in [-0.2, -0.15) is 0 Å². The van der Waals surface area contributed by atoms with Crippen LogP contribution in [0.25, 0.3) is 11.1 Å². The fraction of sp³-hybridized carbons (Fsp3) is 0.132. The van der Waals surface area contributed by atoms with E-state index in [4.69, 9.17) is 4.98 Å². The molecule has 1 unspecified atom stereocenters. The summed E-state index contributed by atoms with van der Waals surface area (Å²) in [7, 11) is 0. The van der Waals surface area contributed by atoms with Crippen LogP contribution < -0.4 is 0 Å². The van der Waals surface area contributed by atoms with Crippen LogP contribution in [0.1, 0.15) is 41.8 Å². The Labute approximate surface area is 246 Å². The molecule has 1 N–H and O–H groups in total. The number of rotatable bonds is 8. The lowest BCUT2D eigenvalue weighted by Gasteiger charge is -2.37. The molecule has 208 valence electrons. The molecule has 6 rings (SSSR count). The van der Waals surface area contributed by atoms with Gasteiger partial charge in [0.2, 0.25) is 0 Å². The molecular formula is C38H33FN2O. The van der Waals surface area contributed by atoms with E-state index >= 15 is 0 Å². The Morgan fingerprint density at radius 3 is 1.45 bits per heavy atom. The third kappa shape index (κ3) is 4.64. The molecule has 4 heteroatoms. The summed E-state index contributed by atoms with van der Waals surface area (Å²) in [6.45, 7) is 4.01. The molecule has 5 aromatic carbocycles. The zero-order valence-corrected chi connectivity index (χ0v) is 23.7. The van der Waals surface area contributed by atoms with E-state index in [1.54, 1.807) is 12.1 Å². The largest absolute Gasteiger partial charge is 0.378 e. The Hall–Kier alpha value is -4.80. The molecule has 0 bridgehead atoms. The second-order valence-electron chi connectivity index (χ2n) is 11.0. The van der Waals surface area contributed by atoms with E-state index in [1.807, 2.05) is 68.8 Å². The molecule has 0 radical (unpaired) electrons. The van der Waals surface area contributed by atoms with Crippen molar-refractivity contribution in [2.24, 2.45) is 5.92 Å². The summed E-state index contributed by atoms with van der Waals surface area (Å²) < 4.78 is 15.6. The number of nitrogens with zero attached hydrogens (tertiary/aromatic N) is 2. The van der Waals surface area contributed by atoms with Crippen molar-refractivity contribution in [2.75, 3.05) is 0 Å². The Balaban J connectivity index is 1.51. The summed E-state index contributed by atoms with van der Waals surface area (Å²) in [5, 5.41) is 12.4. The van der Waals surface area contributed by atoms with E-state index in [-0.39, 0.29) is 11.7 Å². The van der Waals surface area contributed by atoms with Crippen LogP contribution in [0, 0.1) is 11.7 Å². The van der Waals surface area contributed by atoms with Crippen molar-refractivity contribution in [3.8, 4) is 11.1 Å². The van der Waals surface area contributed by atoms with Crippen LogP contribution in [0.4, 0.5) is 4.39 Å². The van der Waals surface area contributed by atoms with Gasteiger partial charge in [0.1, 0.15) is 17.0 Å². The number of aliphatic hydroxyl groups is 1. The molecule has 3 nitrogen and oxygen atoms in total. The minimum Gasteiger partial charge on any atom is -0.378 e. The van der Waals surface area contributed by atoms with Crippen molar-refractivity contribution >= 4 is 0 Å². The maximum absolute atomic E-state index is 13.5. The Morgan fingerprint density at radius 2 is 1.02 bits per heavy atom. The average molecular weight is 553 g/mol. The van der Waals surface area contributed by atoms with Crippen molar-refractivity contribution in [1.29, 1.82) is 0 Å². The molecule has 1 heterocycles. The van der Waals surface area contributed by atoms with Crippen molar-refractivity contribution in [1.82, 2.24) is 9.55 Å². The zero-order chi connectivity index (χ0) is 29.2. The van der Waals surface area contributed by atoms with E-state index in [9.17, 15) is 9.50 Å². The minimum absolute atomic E-state index is 0.169. The second-order valence-corrected chi connectivity index (χ2v) is 11.0. The van der Waals surface area contributed by atoms with Crippen molar-refractivity contribution in [3.63, 3.8) is 0 Å². The van der Waals surface area contributed by atoms with Gasteiger partial charge < -0.3 is 9.67 Å². The summed E-state index contributed by atoms with van der Waals surface area (Å²) in [4.78, 5) is 4.89. The molecule has 42 heavy (non-hydrogen) atoms. The van der Waals surface area contributed by atoms with Gasteiger partial charge in [0.05, 0.1) is 12.0 Å². The van der Waals surface area contributed by atoms with Crippen LogP contribution in [-0.2, 0) is 11.1 Å². The molecule has 1 atom stereocenters. The smallest absolute Gasteiger partial charge is 0.135 e. The first-order valence-electron chi connectivity index (χ1n) is 14.2. The normalized spacial score (nSPS) is 13.2. The van der Waals surface area contributed by atoms with Crippen LogP contribution in [0.2, 0.25) is 0 Å². The van der Waals surface area contributed by atoms with Crippen molar-refractivity contribution < 1.29 is 9.50 Å². The van der Waals surface area contributed by atoms with E-state index in [1.165, 1.54) is 12.1 Å². The van der Waals surface area contributed by atoms with Gasteiger partial charge in [-0.1, -0.05) is 141 Å². The predicted octanol–water partition coefficient (Wildman–Crippen LogP) is 8.42. The number of aromatic nitrogens is 2. The first-order chi connectivity index (χ1) is 20.4. The predicted molar refractivity (Wildman–Crippen MR) is 167 cm³/mol. The molecule has 0 saturated heterocycles. The van der Waals surface area contributed by atoms with E-state index in [0.717, 1.165) is 33.4 Å². The summed E-state index contributed by atoms with van der Waals surface area (Å²) in [5.41, 5.74) is 4.37. The SMILES string of the molecule is CC(C)C(O)(c1ccc(-c2ccc(F)cc2)cc1)c1cn(C(c2ccccc2)(c2ccccc2)c2ccccc2)cn1. The first kappa shape index (κ1) is 27.4. The summed E-state index contributed by atoms with van der Waals surface area (Å²) in [6.07, 6.45) is 3.82. The van der Waals surface area contributed by atoms with E-state index in [0.29, 0.717) is 5.69 Å². The summed E-state index contributed by atoms with van der Waals surface area (Å²) >= 11 is 0. The zero-order valence-electron chi connectivity index (χ0n) is 23.7. The quantitative estimate of drug-likeness (QED) is 0.193. The molecule has 0 aliphatic rings. The maximum atomic E-state index is 13.5. The van der Waals surface area contributed by atoms with Crippen LogP contribution in [0.3, 0.4) is 0 Å². The van der Waals surface area contributed by atoms with Crippen LogP contribution in [0.15, 0.2) is 152 Å². The molecule has 6 aromatic rings. The van der Waals surface area contributed by atoms with Gasteiger partial charge in [-0.25, -0.2) is 9.37 Å². The second kappa shape index (κ2) is 11.2. The fourth-order valence-electron chi connectivity index (χ4n) is 6.02. The standard InChI is InChI=1S/C38H33FN2O/c1-28(2)38(42,34-22-18-29(19-23-34)30-20-24-35(39)25-21-30)36-26-41(27-40-36)37(31-12-6-3-7-13-31,32-14-8-4-9-15-32)33-16-10-5-11-17-33/h3-28,42H,1-2H3. The third-order valence-electron chi connectivity index (χ3n) is 8.27. The van der Waals surface area contributed by atoms with Gasteiger partial charge in [-0.15, -0.1) is 0 Å². The molecular weight excluding hydrogens is 519 g/mol. The average Bonchev–Trinajstić information content (AvgIpc) is 3.54. The molecule has 0 fully saturated rings. The highest BCUT2D eigenvalue weighted by molar-refractivity contribution is 5.64. The minimum atomic E-state index is -1.34. The summed E-state index contributed by atoms with van der Waals surface area (Å²) in [5.74, 6) is -0.435. The molecule has 0 spiro atoms. The van der Waals surface area contributed by atoms with Gasteiger partial charge in [0.15, 0.2) is 0 Å². The van der Waals surface area contributed by atoms with Crippen LogP contribution in [0.5, 0.6) is 0 Å². The van der Waals surface area contributed by atoms with Crippen molar-refractivity contribution in [2.45, 2.75) is 25.0 Å². The number of hydrogen-bond donors (Lipinski definition) is 1. The fourth-order valence-corrected chi connectivity index (χ4v) is 6.02. The molecule has 1 aromatic heterocycles. The summed E-state index contributed by atoms with van der Waals surface area (Å²) in [6, 6.07) is 45.5. The number of benzene rings is 5. The topological polar surface area (TPSA) is 38.0 Å². The van der Waals surface area contributed by atoms with Gasteiger partial charge in [0.25, 0.3) is 0 Å². The highest BCUT2D eigenvalue weighted by Crippen LogP contribution is 2.43. The highest BCUT2D eigenvalue weighted by atomic mass is 19.1. The maximum Gasteiger partial charge on any atom is 0.135 e. The van der Waals surface area contributed by atoms with Gasteiger partial charge >= 0.3 is 0 Å². The molecule has 0 aliphatic heterocycles. The molecule has 0 saturated carbocycles. The lowest BCUT2D eigenvalue weighted by atomic mass is 9.76. The Bertz CT molecular complexity index is 1650. The number of imidazole rings is 1. The lowest BCUT2D eigenvalue weighted by molar-refractivity contribution is 0.0278. The number of hydrogen-bond acceptors (Lipinski definition) is 2. The highest BCUT2D eigenvalue weighted by Gasteiger charge is 2.42. The monoisotopic (exact) mass is 552 g/mol. The van der Waals surface area contributed by atoms with Crippen LogP contribution in [-0.4, -0.2) is 14.7 Å². The molecule has 0 aliphatic carbocycles. The van der Waals surface area contributed by atoms with Crippen LogP contribution >= 0.6 is 0 Å². The van der Waals surface area contributed by atoms with Gasteiger partial charge in [0, 0.05) is 6.20 Å². The van der Waals surface area contributed by atoms with E-state index in [2.05, 4.69) is 77.4 Å². The molecule has 0 amide bonds. The van der Waals surface area contributed by atoms with E-state index < -0.39 is 11.1 Å². The third-order valence-corrected chi connectivity index (χ3v) is 8.27. The lowest BCUT2D eigenvalue weighted by Crippen LogP contribution is -2.37. The Morgan fingerprint density at radius 1 is 0.595 bits per heavy atom. The van der Waals surface area contributed by atoms with Crippen molar-refractivity contribution in [3.05, 3.63) is 186 Å².